The van der Waals surface area contributed by atoms with Crippen molar-refractivity contribution in [3.05, 3.63) is 20.8 Å². The molecular formula is C11H12ClNOS. The zero-order valence-corrected chi connectivity index (χ0v) is 10.2. The highest BCUT2D eigenvalue weighted by atomic mass is 35.5. The molecule has 0 saturated carbocycles. The van der Waals surface area contributed by atoms with E-state index in [4.69, 9.17) is 18.0 Å². The summed E-state index contributed by atoms with van der Waals surface area (Å²) < 4.78 is 0. The smallest absolute Gasteiger partial charge is 0.263 e. The lowest BCUT2D eigenvalue weighted by Crippen LogP contribution is -2.32. The minimum absolute atomic E-state index is 0.192. The van der Waals surface area contributed by atoms with Gasteiger partial charge in [-0.15, -0.1) is 17.8 Å². The minimum atomic E-state index is -0.226. The highest BCUT2D eigenvalue weighted by Crippen LogP contribution is 2.26. The van der Waals surface area contributed by atoms with E-state index < -0.39 is 0 Å². The Hall–Kier alpha value is -0.980. The maximum Gasteiger partial charge on any atom is 0.263 e. The molecule has 0 saturated heterocycles. The Morgan fingerprint density at radius 3 is 2.87 bits per heavy atom. The Balaban J connectivity index is 2.78. The summed E-state index contributed by atoms with van der Waals surface area (Å²) in [5.41, 5.74) is 0.917. The van der Waals surface area contributed by atoms with Crippen LogP contribution in [0.3, 0.4) is 0 Å². The molecule has 1 atom stereocenters. The van der Waals surface area contributed by atoms with E-state index in [9.17, 15) is 4.79 Å². The molecule has 0 aliphatic carbocycles. The molecule has 1 unspecified atom stereocenters. The number of halogens is 1. The van der Waals surface area contributed by atoms with Crippen LogP contribution in [0.25, 0.3) is 0 Å². The molecule has 0 aromatic carbocycles. The Morgan fingerprint density at radius 1 is 1.80 bits per heavy atom. The van der Waals surface area contributed by atoms with Gasteiger partial charge in [0, 0.05) is 0 Å². The Morgan fingerprint density at radius 2 is 2.47 bits per heavy atom. The predicted octanol–water partition coefficient (Wildman–Crippen LogP) is 2.85. The maximum absolute atomic E-state index is 11.7. The van der Waals surface area contributed by atoms with E-state index in [1.165, 1.54) is 11.3 Å². The molecule has 1 aromatic rings. The summed E-state index contributed by atoms with van der Waals surface area (Å²) in [6, 6.07) is -0.226. The number of hydrogen-bond donors (Lipinski definition) is 1. The number of amides is 1. The van der Waals surface area contributed by atoms with Crippen LogP contribution in [0.15, 0.2) is 5.38 Å². The van der Waals surface area contributed by atoms with E-state index >= 15 is 0 Å². The Labute approximate surface area is 98.6 Å². The first-order valence-corrected chi connectivity index (χ1v) is 5.86. The van der Waals surface area contributed by atoms with Crippen molar-refractivity contribution in [1.82, 2.24) is 5.32 Å². The fraction of sp³-hybridized carbons (Fsp3) is 0.364. The van der Waals surface area contributed by atoms with Gasteiger partial charge < -0.3 is 5.32 Å². The van der Waals surface area contributed by atoms with E-state index in [2.05, 4.69) is 11.2 Å². The van der Waals surface area contributed by atoms with Crippen LogP contribution in [-0.4, -0.2) is 11.9 Å². The molecule has 15 heavy (non-hydrogen) atoms. The van der Waals surface area contributed by atoms with Crippen molar-refractivity contribution in [2.45, 2.75) is 26.3 Å². The molecule has 0 spiro atoms. The molecule has 1 heterocycles. The topological polar surface area (TPSA) is 29.1 Å². The van der Waals surface area contributed by atoms with Gasteiger partial charge in [-0.1, -0.05) is 24.4 Å². The molecule has 1 amide bonds. The van der Waals surface area contributed by atoms with Crippen molar-refractivity contribution in [1.29, 1.82) is 0 Å². The number of carbonyl (C=O) groups is 1. The molecule has 0 fully saturated rings. The van der Waals surface area contributed by atoms with Gasteiger partial charge >= 0.3 is 0 Å². The van der Waals surface area contributed by atoms with Crippen LogP contribution in [-0.2, 0) is 0 Å². The Bertz CT molecular complexity index is 405. The van der Waals surface area contributed by atoms with Crippen LogP contribution in [0.5, 0.6) is 0 Å². The van der Waals surface area contributed by atoms with E-state index in [0.29, 0.717) is 16.3 Å². The van der Waals surface area contributed by atoms with Gasteiger partial charge in [0.05, 0.1) is 11.1 Å². The van der Waals surface area contributed by atoms with Gasteiger partial charge in [-0.2, -0.15) is 0 Å². The fourth-order valence-corrected chi connectivity index (χ4v) is 2.25. The van der Waals surface area contributed by atoms with E-state index in [1.807, 2.05) is 19.2 Å². The molecule has 1 rings (SSSR count). The average Bonchev–Trinajstić information content (AvgIpc) is 2.56. The highest BCUT2D eigenvalue weighted by molar-refractivity contribution is 7.13. The van der Waals surface area contributed by atoms with Crippen molar-refractivity contribution in [2.75, 3.05) is 0 Å². The van der Waals surface area contributed by atoms with Crippen molar-refractivity contribution in [3.63, 3.8) is 0 Å². The molecule has 2 nitrogen and oxygen atoms in total. The third-order valence-electron chi connectivity index (χ3n) is 2.02. The number of rotatable bonds is 3. The van der Waals surface area contributed by atoms with Crippen LogP contribution < -0.4 is 5.32 Å². The summed E-state index contributed by atoms with van der Waals surface area (Å²) in [5, 5.41) is 5.11. The molecule has 0 radical (unpaired) electrons. The molecule has 1 aromatic heterocycles. The third-order valence-corrected chi connectivity index (χ3v) is 3.72. The average molecular weight is 242 g/mol. The second-order valence-electron chi connectivity index (χ2n) is 3.16. The quantitative estimate of drug-likeness (QED) is 0.811. The second kappa shape index (κ2) is 5.20. The summed E-state index contributed by atoms with van der Waals surface area (Å²) in [6.45, 7) is 3.79. The van der Waals surface area contributed by atoms with Crippen molar-refractivity contribution < 1.29 is 4.79 Å². The van der Waals surface area contributed by atoms with Gasteiger partial charge in [0.1, 0.15) is 4.88 Å². The molecule has 4 heteroatoms. The lowest BCUT2D eigenvalue weighted by Gasteiger charge is -2.09. The number of carbonyl (C=O) groups excluding carboxylic acids is 1. The molecule has 1 N–H and O–H groups in total. The van der Waals surface area contributed by atoms with E-state index in [0.717, 1.165) is 5.56 Å². The van der Waals surface area contributed by atoms with E-state index in [1.54, 1.807) is 0 Å². The van der Waals surface area contributed by atoms with Crippen molar-refractivity contribution >= 4 is 28.8 Å². The molecular weight excluding hydrogens is 230 g/mol. The molecule has 0 bridgehead atoms. The lowest BCUT2D eigenvalue weighted by molar-refractivity contribution is 0.0949. The maximum atomic E-state index is 11.7. The summed E-state index contributed by atoms with van der Waals surface area (Å²) >= 11 is 7.31. The predicted molar refractivity (Wildman–Crippen MR) is 64.4 cm³/mol. The number of hydrogen-bond acceptors (Lipinski definition) is 2. The Kier molecular flexibility index (Phi) is 4.19. The summed E-state index contributed by atoms with van der Waals surface area (Å²) in [4.78, 5) is 12.3. The first-order valence-electron chi connectivity index (χ1n) is 4.60. The SMILES string of the molecule is C#CC(CC)NC(=O)c1scc(C)c1Cl. The number of nitrogens with one attached hydrogen (secondary N) is 1. The summed E-state index contributed by atoms with van der Waals surface area (Å²) in [7, 11) is 0. The van der Waals surface area contributed by atoms with Crippen LogP contribution in [0.2, 0.25) is 5.02 Å². The van der Waals surface area contributed by atoms with Gasteiger partial charge in [0.25, 0.3) is 5.91 Å². The van der Waals surface area contributed by atoms with Crippen LogP contribution in [0, 0.1) is 19.3 Å². The largest absolute Gasteiger partial charge is 0.338 e. The van der Waals surface area contributed by atoms with Gasteiger partial charge in [-0.25, -0.2) is 0 Å². The number of terminal acetylenes is 1. The zero-order chi connectivity index (χ0) is 11.4. The van der Waals surface area contributed by atoms with Gasteiger partial charge in [-0.05, 0) is 24.3 Å². The van der Waals surface area contributed by atoms with Crippen LogP contribution >= 0.6 is 22.9 Å². The summed E-state index contributed by atoms with van der Waals surface area (Å²) in [6.07, 6.45) is 5.97. The van der Waals surface area contributed by atoms with Crippen LogP contribution in [0.4, 0.5) is 0 Å². The fourth-order valence-electron chi connectivity index (χ4n) is 1.07. The lowest BCUT2D eigenvalue weighted by atomic mass is 10.2. The van der Waals surface area contributed by atoms with Crippen molar-refractivity contribution in [3.8, 4) is 12.3 Å². The number of aryl methyl sites for hydroxylation is 1. The molecule has 0 aliphatic rings. The normalized spacial score (nSPS) is 11.9. The summed E-state index contributed by atoms with van der Waals surface area (Å²) in [5.74, 6) is 2.32. The highest BCUT2D eigenvalue weighted by Gasteiger charge is 2.16. The third kappa shape index (κ3) is 2.74. The van der Waals surface area contributed by atoms with Gasteiger partial charge in [0.2, 0.25) is 0 Å². The van der Waals surface area contributed by atoms with Gasteiger partial charge in [0.15, 0.2) is 0 Å². The monoisotopic (exact) mass is 241 g/mol. The molecule has 0 aliphatic heterocycles. The number of thiophene rings is 1. The van der Waals surface area contributed by atoms with Crippen molar-refractivity contribution in [2.24, 2.45) is 0 Å². The van der Waals surface area contributed by atoms with Gasteiger partial charge in [-0.3, -0.25) is 4.79 Å². The standard InChI is InChI=1S/C11H12ClNOS/c1-4-8(5-2)13-11(14)10-9(12)7(3)6-15-10/h1,6,8H,5H2,2-3H3,(H,13,14). The zero-order valence-electron chi connectivity index (χ0n) is 8.63. The van der Waals surface area contributed by atoms with Crippen LogP contribution in [0.1, 0.15) is 28.6 Å². The first kappa shape index (κ1) is 12.1. The first-order chi connectivity index (χ1) is 7.10. The molecule has 80 valence electrons. The second-order valence-corrected chi connectivity index (χ2v) is 4.42. The van der Waals surface area contributed by atoms with E-state index in [-0.39, 0.29) is 11.9 Å². The minimum Gasteiger partial charge on any atom is -0.338 e.